The first-order valence-electron chi connectivity index (χ1n) is 10.3. The summed E-state index contributed by atoms with van der Waals surface area (Å²) in [5, 5.41) is 4.88. The standard InChI is InChI=1S/C22H25N3O5S/c26-20-12-16(22(28)23-13-19-2-1-11-31-19)14-25(20)17-3-5-18(6-4-17)30-15-21(27)24-7-9-29-10-8-24/h1-6,11,16H,7-10,12-15H2,(H,23,28)/t16-/m1/s1. The maximum Gasteiger partial charge on any atom is 0.260 e. The Hall–Kier alpha value is -2.91. The van der Waals surface area contributed by atoms with Gasteiger partial charge in [-0.15, -0.1) is 11.3 Å². The van der Waals surface area contributed by atoms with Crippen molar-refractivity contribution in [3.05, 3.63) is 46.7 Å². The molecule has 0 radical (unpaired) electrons. The van der Waals surface area contributed by atoms with Gasteiger partial charge < -0.3 is 24.6 Å². The number of nitrogens with zero attached hydrogens (tertiary/aromatic N) is 2. The quantitative estimate of drug-likeness (QED) is 0.703. The van der Waals surface area contributed by atoms with Crippen LogP contribution in [0.2, 0.25) is 0 Å². The van der Waals surface area contributed by atoms with Crippen molar-refractivity contribution in [1.82, 2.24) is 10.2 Å². The van der Waals surface area contributed by atoms with E-state index in [0.29, 0.717) is 50.8 Å². The third kappa shape index (κ3) is 5.42. The number of carbonyl (C=O) groups is 3. The van der Waals surface area contributed by atoms with E-state index in [1.165, 1.54) is 0 Å². The van der Waals surface area contributed by atoms with Gasteiger partial charge in [-0.3, -0.25) is 14.4 Å². The molecule has 0 aliphatic carbocycles. The van der Waals surface area contributed by atoms with E-state index in [1.807, 2.05) is 17.5 Å². The summed E-state index contributed by atoms with van der Waals surface area (Å²) in [4.78, 5) is 41.5. The number of hydrogen-bond acceptors (Lipinski definition) is 6. The van der Waals surface area contributed by atoms with Crippen LogP contribution in [0.4, 0.5) is 5.69 Å². The van der Waals surface area contributed by atoms with E-state index in [-0.39, 0.29) is 36.7 Å². The molecule has 1 atom stereocenters. The van der Waals surface area contributed by atoms with Crippen molar-refractivity contribution < 1.29 is 23.9 Å². The molecule has 0 bridgehead atoms. The zero-order valence-electron chi connectivity index (χ0n) is 17.1. The summed E-state index contributed by atoms with van der Waals surface area (Å²) in [5.74, 6) is -0.0615. The number of rotatable bonds is 7. The molecule has 164 valence electrons. The molecule has 4 rings (SSSR count). The molecular formula is C22H25N3O5S. The van der Waals surface area contributed by atoms with Crippen LogP contribution in [-0.4, -0.2) is 62.1 Å². The van der Waals surface area contributed by atoms with Gasteiger partial charge in [0.05, 0.1) is 25.7 Å². The van der Waals surface area contributed by atoms with Gasteiger partial charge in [-0.1, -0.05) is 6.07 Å². The summed E-state index contributed by atoms with van der Waals surface area (Å²) in [6, 6.07) is 10.9. The molecule has 2 aliphatic rings. The highest BCUT2D eigenvalue weighted by Crippen LogP contribution is 2.27. The van der Waals surface area contributed by atoms with Crippen LogP contribution in [-0.2, 0) is 25.7 Å². The van der Waals surface area contributed by atoms with E-state index in [0.717, 1.165) is 4.88 Å². The van der Waals surface area contributed by atoms with Gasteiger partial charge >= 0.3 is 0 Å². The summed E-state index contributed by atoms with van der Waals surface area (Å²) in [5.41, 5.74) is 0.713. The number of benzene rings is 1. The molecule has 3 amide bonds. The van der Waals surface area contributed by atoms with Gasteiger partial charge in [-0.2, -0.15) is 0 Å². The number of ether oxygens (including phenoxy) is 2. The molecule has 2 aromatic rings. The fraction of sp³-hybridized carbons (Fsp3) is 0.409. The molecule has 9 heteroatoms. The number of anilines is 1. The zero-order chi connectivity index (χ0) is 21.6. The van der Waals surface area contributed by atoms with Crippen molar-refractivity contribution in [2.45, 2.75) is 13.0 Å². The topological polar surface area (TPSA) is 88.2 Å². The molecule has 0 spiro atoms. The Balaban J connectivity index is 1.27. The SMILES string of the molecule is O=C(NCc1cccs1)[C@@H]1CC(=O)N(c2ccc(OCC(=O)N3CCOCC3)cc2)C1. The average Bonchev–Trinajstić information content (AvgIpc) is 3.46. The molecule has 2 saturated heterocycles. The van der Waals surface area contributed by atoms with Crippen LogP contribution in [0.3, 0.4) is 0 Å². The van der Waals surface area contributed by atoms with Gasteiger partial charge in [0, 0.05) is 36.6 Å². The average molecular weight is 444 g/mol. The highest BCUT2D eigenvalue weighted by atomic mass is 32.1. The predicted octanol–water partition coefficient (Wildman–Crippen LogP) is 1.65. The lowest BCUT2D eigenvalue weighted by Gasteiger charge is -2.26. The fourth-order valence-corrected chi connectivity index (χ4v) is 4.28. The molecule has 0 unspecified atom stereocenters. The van der Waals surface area contributed by atoms with Crippen LogP contribution in [0.25, 0.3) is 0 Å². The molecule has 1 aromatic heterocycles. The Kier molecular flexibility index (Phi) is 6.83. The lowest BCUT2D eigenvalue weighted by atomic mass is 10.1. The Morgan fingerprint density at radius 3 is 2.65 bits per heavy atom. The lowest BCUT2D eigenvalue weighted by molar-refractivity contribution is -0.137. The number of thiophene rings is 1. The lowest BCUT2D eigenvalue weighted by Crippen LogP contribution is -2.42. The number of nitrogens with one attached hydrogen (secondary N) is 1. The summed E-state index contributed by atoms with van der Waals surface area (Å²) in [6.45, 7) is 3.07. The molecule has 0 saturated carbocycles. The molecule has 1 N–H and O–H groups in total. The third-order valence-electron chi connectivity index (χ3n) is 5.39. The van der Waals surface area contributed by atoms with Crippen molar-refractivity contribution in [2.24, 2.45) is 5.92 Å². The minimum absolute atomic E-state index is 0.0333. The largest absolute Gasteiger partial charge is 0.484 e. The Morgan fingerprint density at radius 2 is 1.94 bits per heavy atom. The van der Waals surface area contributed by atoms with E-state index in [2.05, 4.69) is 5.32 Å². The van der Waals surface area contributed by atoms with Crippen LogP contribution in [0.5, 0.6) is 5.75 Å². The van der Waals surface area contributed by atoms with Gasteiger partial charge in [-0.25, -0.2) is 0 Å². The van der Waals surface area contributed by atoms with Crippen molar-refractivity contribution in [3.8, 4) is 5.75 Å². The van der Waals surface area contributed by atoms with Crippen molar-refractivity contribution in [1.29, 1.82) is 0 Å². The first-order valence-corrected chi connectivity index (χ1v) is 11.2. The minimum atomic E-state index is -0.366. The Labute approximate surface area is 184 Å². The fourth-order valence-electron chi connectivity index (χ4n) is 3.64. The molecule has 3 heterocycles. The number of morpholine rings is 1. The van der Waals surface area contributed by atoms with Gasteiger partial charge in [-0.05, 0) is 35.7 Å². The van der Waals surface area contributed by atoms with E-state index < -0.39 is 0 Å². The summed E-state index contributed by atoms with van der Waals surface area (Å²) >= 11 is 1.59. The molecule has 8 nitrogen and oxygen atoms in total. The number of carbonyl (C=O) groups excluding carboxylic acids is 3. The van der Waals surface area contributed by atoms with Crippen molar-refractivity contribution >= 4 is 34.7 Å². The molecule has 2 aliphatic heterocycles. The Morgan fingerprint density at radius 1 is 1.16 bits per heavy atom. The van der Waals surface area contributed by atoms with Gasteiger partial charge in [0.1, 0.15) is 5.75 Å². The maximum absolute atomic E-state index is 12.5. The smallest absolute Gasteiger partial charge is 0.260 e. The highest BCUT2D eigenvalue weighted by molar-refractivity contribution is 7.09. The molecular weight excluding hydrogens is 418 g/mol. The van der Waals surface area contributed by atoms with Crippen LogP contribution < -0.4 is 15.0 Å². The summed E-state index contributed by atoms with van der Waals surface area (Å²) in [6.07, 6.45) is 0.197. The second kappa shape index (κ2) is 9.93. The van der Waals surface area contributed by atoms with Gasteiger partial charge in [0.15, 0.2) is 6.61 Å². The minimum Gasteiger partial charge on any atom is -0.484 e. The first kappa shape index (κ1) is 21.3. The Bertz CT molecular complexity index is 910. The summed E-state index contributed by atoms with van der Waals surface area (Å²) in [7, 11) is 0. The second-order valence-electron chi connectivity index (χ2n) is 7.48. The van der Waals surface area contributed by atoms with Gasteiger partial charge in [0.2, 0.25) is 11.8 Å². The van der Waals surface area contributed by atoms with Crippen molar-refractivity contribution in [3.63, 3.8) is 0 Å². The van der Waals surface area contributed by atoms with Crippen LogP contribution in [0.15, 0.2) is 41.8 Å². The van der Waals surface area contributed by atoms with Crippen LogP contribution in [0.1, 0.15) is 11.3 Å². The van der Waals surface area contributed by atoms with E-state index in [4.69, 9.17) is 9.47 Å². The normalized spacial score (nSPS) is 18.8. The van der Waals surface area contributed by atoms with E-state index >= 15 is 0 Å². The predicted molar refractivity (Wildman–Crippen MR) is 116 cm³/mol. The summed E-state index contributed by atoms with van der Waals surface area (Å²) < 4.78 is 10.8. The van der Waals surface area contributed by atoms with Crippen LogP contribution >= 0.6 is 11.3 Å². The number of hydrogen-bond donors (Lipinski definition) is 1. The third-order valence-corrected chi connectivity index (χ3v) is 6.26. The van der Waals surface area contributed by atoms with E-state index in [9.17, 15) is 14.4 Å². The second-order valence-corrected chi connectivity index (χ2v) is 8.51. The van der Waals surface area contributed by atoms with Gasteiger partial charge in [0.25, 0.3) is 5.91 Å². The number of amides is 3. The zero-order valence-corrected chi connectivity index (χ0v) is 17.9. The molecule has 31 heavy (non-hydrogen) atoms. The molecule has 2 fully saturated rings. The first-order chi connectivity index (χ1) is 15.1. The van der Waals surface area contributed by atoms with Crippen molar-refractivity contribution in [2.75, 3.05) is 44.4 Å². The van der Waals surface area contributed by atoms with E-state index in [1.54, 1.807) is 45.4 Å². The highest BCUT2D eigenvalue weighted by Gasteiger charge is 2.35. The maximum atomic E-state index is 12.5. The van der Waals surface area contributed by atoms with Crippen LogP contribution in [0, 0.1) is 5.92 Å². The molecule has 1 aromatic carbocycles. The monoisotopic (exact) mass is 443 g/mol.